The van der Waals surface area contributed by atoms with E-state index in [4.69, 9.17) is 22.0 Å². The van der Waals surface area contributed by atoms with Crippen molar-refractivity contribution in [3.63, 3.8) is 0 Å². The summed E-state index contributed by atoms with van der Waals surface area (Å²) in [6, 6.07) is 6.75. The van der Waals surface area contributed by atoms with Gasteiger partial charge in [0.15, 0.2) is 0 Å². The average molecular weight is 546 g/mol. The van der Waals surface area contributed by atoms with Gasteiger partial charge in [0, 0.05) is 17.8 Å². The van der Waals surface area contributed by atoms with E-state index in [0.29, 0.717) is 17.7 Å². The van der Waals surface area contributed by atoms with Gasteiger partial charge in [-0.15, -0.1) is 0 Å². The number of aliphatic imine (C=N–C) groups is 1. The average Bonchev–Trinajstić information content (AvgIpc) is 2.75. The Kier molecular flexibility index (Phi) is 14.8. The molecule has 2 aliphatic rings. The van der Waals surface area contributed by atoms with Crippen LogP contribution in [0.25, 0.3) is 0 Å². The van der Waals surface area contributed by atoms with Crippen molar-refractivity contribution in [3.8, 4) is 5.75 Å². The molecule has 3 rings (SSSR count). The molecule has 0 amide bonds. The first-order valence-corrected chi connectivity index (χ1v) is 18.8. The van der Waals surface area contributed by atoms with Gasteiger partial charge in [-0.25, -0.2) is 0 Å². The second-order valence-electron chi connectivity index (χ2n) is 9.50. The van der Waals surface area contributed by atoms with Crippen molar-refractivity contribution in [1.29, 1.82) is 0 Å². The topological polar surface area (TPSA) is 32.6 Å². The maximum absolute atomic E-state index is 11.0. The number of aromatic hydroxyl groups is 1. The normalized spacial score (nSPS) is 24.5. The van der Waals surface area contributed by atoms with E-state index in [-0.39, 0.29) is 0 Å². The summed E-state index contributed by atoms with van der Waals surface area (Å²) >= 11 is -0.826. The molecule has 0 bridgehead atoms. The molecule has 0 unspecified atom stereocenters. The summed E-state index contributed by atoms with van der Waals surface area (Å²) in [5.74, 6) is 1.85. The van der Waals surface area contributed by atoms with Gasteiger partial charge in [0.05, 0.1) is 0 Å². The van der Waals surface area contributed by atoms with Crippen molar-refractivity contribution in [2.45, 2.75) is 115 Å². The van der Waals surface area contributed by atoms with Crippen LogP contribution in [0.4, 0.5) is 0 Å². The Bertz CT molecular complexity index is 620. The van der Waals surface area contributed by atoms with Crippen LogP contribution in [0.3, 0.4) is 0 Å². The quantitative estimate of drug-likeness (QED) is 0.377. The Hall–Kier alpha value is 0.153. The zero-order valence-corrected chi connectivity index (χ0v) is 23.3. The molecule has 2 nitrogen and oxygen atoms in total. The first-order chi connectivity index (χ1) is 15.2. The monoisotopic (exact) mass is 543 g/mol. The van der Waals surface area contributed by atoms with Gasteiger partial charge in [0.25, 0.3) is 0 Å². The number of rotatable bonds is 3. The first kappa shape index (κ1) is 27.4. The molecule has 174 valence electrons. The van der Waals surface area contributed by atoms with E-state index in [1.54, 1.807) is 0 Å². The minimum atomic E-state index is -0.826. The van der Waals surface area contributed by atoms with Crippen LogP contribution < -0.4 is 0 Å². The van der Waals surface area contributed by atoms with E-state index in [0.717, 1.165) is 11.5 Å². The number of nitrogens with zero attached hydrogens (tertiary/aromatic N) is 1. The minimum absolute atomic E-state index is 0.445. The first-order valence-electron chi connectivity index (χ1n) is 12.5. The third-order valence-corrected chi connectivity index (χ3v) is 7.05. The summed E-state index contributed by atoms with van der Waals surface area (Å²) in [5.41, 5.74) is 2.08. The van der Waals surface area contributed by atoms with Crippen molar-refractivity contribution < 1.29 is 26.0 Å². The molecule has 1 N–H and O–H groups in total. The molecule has 2 fully saturated rings. The molecule has 0 spiro atoms. The van der Waals surface area contributed by atoms with Gasteiger partial charge in [-0.3, -0.25) is 4.99 Å². The van der Waals surface area contributed by atoms with Crippen molar-refractivity contribution in [2.75, 3.05) is 0 Å². The number of para-hydroxylation sites is 1. The van der Waals surface area contributed by atoms with Gasteiger partial charge in [-0.1, -0.05) is 76.8 Å². The molecule has 0 aromatic heterocycles. The Morgan fingerprint density at radius 1 is 0.839 bits per heavy atom. The van der Waals surface area contributed by atoms with E-state index < -0.39 is 20.8 Å². The fraction of sp³-hybridized carbons (Fsp3) is 0.731. The number of phenols is 1. The fourth-order valence-corrected chi connectivity index (χ4v) is 5.07. The van der Waals surface area contributed by atoms with E-state index in [1.165, 1.54) is 102 Å². The summed E-state index contributed by atoms with van der Waals surface area (Å²) in [4.78, 5) is 4.83. The molecule has 2 aliphatic carbocycles. The number of phenolic OH excluding ortho intramolecular Hbond substituents is 1. The third kappa shape index (κ3) is 10.7. The van der Waals surface area contributed by atoms with Crippen LogP contribution in [0.2, 0.25) is 0 Å². The van der Waals surface area contributed by atoms with Gasteiger partial charge < -0.3 is 5.11 Å². The third-order valence-electron chi connectivity index (χ3n) is 7.05. The van der Waals surface area contributed by atoms with Gasteiger partial charge in [0.1, 0.15) is 5.75 Å². The number of benzene rings is 1. The molecule has 0 saturated heterocycles. The predicted molar refractivity (Wildman–Crippen MR) is 132 cm³/mol. The molecule has 0 atom stereocenters. The van der Waals surface area contributed by atoms with Crippen LogP contribution in [0.15, 0.2) is 23.2 Å². The summed E-state index contributed by atoms with van der Waals surface area (Å²) in [6.07, 6.45) is 21.6. The molecule has 2 saturated carbocycles. The second kappa shape index (κ2) is 16.7. The molecular formula is C26H41Cl2NOZr. The molecule has 0 aliphatic heterocycles. The summed E-state index contributed by atoms with van der Waals surface area (Å²) < 4.78 is 0. The summed E-state index contributed by atoms with van der Waals surface area (Å²) in [5, 5.41) is 11.0. The Morgan fingerprint density at radius 2 is 1.35 bits per heavy atom. The molecule has 1 aromatic rings. The molecule has 31 heavy (non-hydrogen) atoms. The van der Waals surface area contributed by atoms with Gasteiger partial charge in [0.2, 0.25) is 0 Å². The van der Waals surface area contributed by atoms with Crippen LogP contribution in [-0.2, 0) is 20.8 Å². The zero-order chi connectivity index (χ0) is 22.3. The fourth-order valence-electron chi connectivity index (χ4n) is 5.07. The van der Waals surface area contributed by atoms with Crippen LogP contribution in [-0.4, -0.2) is 17.4 Å². The van der Waals surface area contributed by atoms with E-state index >= 15 is 0 Å². The maximum atomic E-state index is 11.0. The summed E-state index contributed by atoms with van der Waals surface area (Å²) in [6.45, 7) is 2.35. The van der Waals surface area contributed by atoms with E-state index in [9.17, 15) is 5.11 Å². The number of hydrogen-bond acceptors (Lipinski definition) is 2. The van der Waals surface area contributed by atoms with Crippen LogP contribution in [0.5, 0.6) is 5.75 Å². The molecule has 0 heterocycles. The Morgan fingerprint density at radius 3 is 1.90 bits per heavy atom. The Balaban J connectivity index is 0.00000107. The standard InChI is InChI=1S/C26H41NO.2ClH.Zr/c1-21-16-18-24(19-17-21)27-20-23-14-11-15-25(26(23)28)22-12-9-7-5-3-2-4-6-8-10-13-22;;;/h11,14-15,20-22,24,28H,2-10,12-13,16-19H2,1H3;2*1H;/q;;;+2/p-2. The van der Waals surface area contributed by atoms with Crippen molar-refractivity contribution in [1.82, 2.24) is 0 Å². The van der Waals surface area contributed by atoms with Crippen molar-refractivity contribution in [3.05, 3.63) is 29.3 Å². The predicted octanol–water partition coefficient (Wildman–Crippen LogP) is 9.15. The van der Waals surface area contributed by atoms with Crippen molar-refractivity contribution >= 4 is 23.2 Å². The van der Waals surface area contributed by atoms with Crippen LogP contribution in [0, 0.1) is 5.92 Å². The molecule has 5 heteroatoms. The SMILES string of the molecule is CC1CCC(N=Cc2cccc(C3CCCCCCCCCCC3)c2O)CC1.[Cl][Zr][Cl]. The van der Waals surface area contributed by atoms with Gasteiger partial charge >= 0.3 is 37.9 Å². The van der Waals surface area contributed by atoms with E-state index in [1.807, 2.05) is 12.3 Å². The summed E-state index contributed by atoms with van der Waals surface area (Å²) in [7, 11) is 9.87. The second-order valence-corrected chi connectivity index (χ2v) is 13.2. The number of halogens is 2. The number of hydrogen-bond donors (Lipinski definition) is 1. The van der Waals surface area contributed by atoms with Gasteiger partial charge in [-0.05, 0) is 62.0 Å². The van der Waals surface area contributed by atoms with Crippen molar-refractivity contribution in [2.24, 2.45) is 10.9 Å². The molecule has 1 aromatic carbocycles. The van der Waals surface area contributed by atoms with E-state index in [2.05, 4.69) is 19.1 Å². The van der Waals surface area contributed by atoms with Crippen LogP contribution >= 0.6 is 17.0 Å². The molecular weight excluding hydrogens is 504 g/mol. The van der Waals surface area contributed by atoms with Crippen LogP contribution in [0.1, 0.15) is 120 Å². The van der Waals surface area contributed by atoms with Gasteiger partial charge in [-0.2, -0.15) is 0 Å². The Labute approximate surface area is 209 Å². The zero-order valence-electron chi connectivity index (χ0n) is 19.3. The molecule has 0 radical (unpaired) electrons.